The number of hydrogen-bond donors (Lipinski definition) is 1. The molecule has 0 saturated carbocycles. The zero-order chi connectivity index (χ0) is 18.4. The molecule has 1 atom stereocenters. The third kappa shape index (κ3) is 4.08. The molecule has 1 amide bonds. The van der Waals surface area contributed by atoms with Gasteiger partial charge in [-0.1, -0.05) is 18.2 Å². The molecule has 1 unspecified atom stereocenters. The molecular weight excluding hydrogens is 332 g/mol. The number of rotatable bonds is 5. The van der Waals surface area contributed by atoms with Gasteiger partial charge in [-0.15, -0.1) is 0 Å². The normalized spacial score (nSPS) is 15.9. The molecule has 1 fully saturated rings. The number of benzene rings is 1. The number of methoxy groups -OCH3 is 1. The summed E-state index contributed by atoms with van der Waals surface area (Å²) in [6.07, 6.45) is 5.20. The SMILES string of the molecule is COC(=O)c1ccccc1C(=O)NC(c1cccnc1)C1CCOCC1. The maximum Gasteiger partial charge on any atom is 0.338 e. The van der Waals surface area contributed by atoms with Gasteiger partial charge < -0.3 is 14.8 Å². The van der Waals surface area contributed by atoms with Crippen molar-refractivity contribution in [2.24, 2.45) is 5.92 Å². The number of nitrogens with zero attached hydrogens (tertiary/aromatic N) is 1. The smallest absolute Gasteiger partial charge is 0.338 e. The molecule has 1 aliphatic heterocycles. The molecule has 1 N–H and O–H groups in total. The van der Waals surface area contributed by atoms with Crippen molar-refractivity contribution in [3.8, 4) is 0 Å². The van der Waals surface area contributed by atoms with Crippen molar-refractivity contribution in [2.45, 2.75) is 18.9 Å². The van der Waals surface area contributed by atoms with Crippen molar-refractivity contribution in [2.75, 3.05) is 20.3 Å². The van der Waals surface area contributed by atoms with E-state index in [-0.39, 0.29) is 23.4 Å². The maximum absolute atomic E-state index is 12.9. The molecule has 0 spiro atoms. The van der Waals surface area contributed by atoms with E-state index < -0.39 is 5.97 Å². The highest BCUT2D eigenvalue weighted by Gasteiger charge is 2.28. The Morgan fingerprint density at radius 3 is 2.54 bits per heavy atom. The van der Waals surface area contributed by atoms with Crippen LogP contribution in [0.5, 0.6) is 0 Å². The van der Waals surface area contributed by atoms with E-state index >= 15 is 0 Å². The molecule has 0 aliphatic carbocycles. The van der Waals surface area contributed by atoms with Crippen LogP contribution in [0.2, 0.25) is 0 Å². The Kier molecular flexibility index (Phi) is 5.96. The molecule has 6 nitrogen and oxygen atoms in total. The highest BCUT2D eigenvalue weighted by Crippen LogP contribution is 2.30. The predicted molar refractivity (Wildman–Crippen MR) is 95.8 cm³/mol. The first-order valence-electron chi connectivity index (χ1n) is 8.66. The number of pyridine rings is 1. The fourth-order valence-electron chi connectivity index (χ4n) is 3.27. The summed E-state index contributed by atoms with van der Waals surface area (Å²) in [6.45, 7) is 1.35. The Morgan fingerprint density at radius 2 is 1.88 bits per heavy atom. The molecule has 1 aromatic carbocycles. The average Bonchev–Trinajstić information content (AvgIpc) is 2.72. The van der Waals surface area contributed by atoms with E-state index in [1.165, 1.54) is 7.11 Å². The fraction of sp³-hybridized carbons (Fsp3) is 0.350. The second-order valence-electron chi connectivity index (χ2n) is 6.22. The Labute approximate surface area is 152 Å². The van der Waals surface area contributed by atoms with Crippen LogP contribution in [0.1, 0.15) is 45.2 Å². The molecule has 1 aliphatic rings. The van der Waals surface area contributed by atoms with Crippen molar-refractivity contribution in [1.29, 1.82) is 0 Å². The lowest BCUT2D eigenvalue weighted by Gasteiger charge is -2.31. The van der Waals surface area contributed by atoms with Crippen molar-refractivity contribution in [3.05, 3.63) is 65.5 Å². The number of esters is 1. The van der Waals surface area contributed by atoms with Crippen LogP contribution in [-0.2, 0) is 9.47 Å². The molecule has 3 rings (SSSR count). The molecular formula is C20H22N2O4. The second-order valence-corrected chi connectivity index (χ2v) is 6.22. The van der Waals surface area contributed by atoms with Crippen LogP contribution in [0.3, 0.4) is 0 Å². The molecule has 1 aromatic heterocycles. The number of hydrogen-bond acceptors (Lipinski definition) is 5. The van der Waals surface area contributed by atoms with Crippen molar-refractivity contribution in [3.63, 3.8) is 0 Å². The van der Waals surface area contributed by atoms with Crippen LogP contribution in [-0.4, -0.2) is 37.2 Å². The number of nitrogens with one attached hydrogen (secondary N) is 1. The lowest BCUT2D eigenvalue weighted by atomic mass is 9.87. The van der Waals surface area contributed by atoms with Crippen molar-refractivity contribution < 1.29 is 19.1 Å². The number of carbonyl (C=O) groups is 2. The number of ether oxygens (including phenoxy) is 2. The van der Waals surface area contributed by atoms with Gasteiger partial charge in [0.15, 0.2) is 0 Å². The van der Waals surface area contributed by atoms with Gasteiger partial charge in [0.2, 0.25) is 0 Å². The molecule has 2 aromatic rings. The first-order chi connectivity index (χ1) is 12.7. The minimum Gasteiger partial charge on any atom is -0.465 e. The van der Waals surface area contributed by atoms with E-state index in [4.69, 9.17) is 9.47 Å². The van der Waals surface area contributed by atoms with Crippen LogP contribution >= 0.6 is 0 Å². The third-order valence-electron chi connectivity index (χ3n) is 4.64. The predicted octanol–water partition coefficient (Wildman–Crippen LogP) is 2.77. The summed E-state index contributed by atoms with van der Waals surface area (Å²) in [5, 5.41) is 3.10. The van der Waals surface area contributed by atoms with Gasteiger partial charge in [-0.2, -0.15) is 0 Å². The van der Waals surface area contributed by atoms with Crippen LogP contribution in [0.25, 0.3) is 0 Å². The Balaban J connectivity index is 1.87. The number of carbonyl (C=O) groups excluding carboxylic acids is 2. The highest BCUT2D eigenvalue weighted by molar-refractivity contribution is 6.05. The maximum atomic E-state index is 12.9. The Bertz CT molecular complexity index is 757. The summed E-state index contributed by atoms with van der Waals surface area (Å²) in [5.41, 5.74) is 1.51. The van der Waals surface area contributed by atoms with Gasteiger partial charge in [-0.25, -0.2) is 4.79 Å². The minimum atomic E-state index is -0.528. The van der Waals surface area contributed by atoms with E-state index in [0.717, 1.165) is 18.4 Å². The summed E-state index contributed by atoms with van der Waals surface area (Å²) in [6, 6.07) is 10.3. The van der Waals surface area contributed by atoms with Gasteiger partial charge in [0, 0.05) is 25.6 Å². The van der Waals surface area contributed by atoms with Crippen molar-refractivity contribution in [1.82, 2.24) is 10.3 Å². The summed E-state index contributed by atoms with van der Waals surface area (Å²) < 4.78 is 10.2. The standard InChI is InChI=1S/C20H22N2O4/c1-25-20(24)17-7-3-2-6-16(17)19(23)22-18(14-8-11-26-12-9-14)15-5-4-10-21-13-15/h2-7,10,13-14,18H,8-9,11-12H2,1H3,(H,22,23). The van der Waals surface area contributed by atoms with Crippen molar-refractivity contribution >= 4 is 11.9 Å². The van der Waals surface area contributed by atoms with Crippen LogP contribution in [0.15, 0.2) is 48.8 Å². The minimum absolute atomic E-state index is 0.189. The largest absolute Gasteiger partial charge is 0.465 e. The van der Waals surface area contributed by atoms with Gasteiger partial charge in [0.25, 0.3) is 5.91 Å². The van der Waals surface area contributed by atoms with E-state index in [0.29, 0.717) is 18.8 Å². The highest BCUT2D eigenvalue weighted by atomic mass is 16.5. The molecule has 136 valence electrons. The fourth-order valence-corrected chi connectivity index (χ4v) is 3.27. The second kappa shape index (κ2) is 8.58. The first kappa shape index (κ1) is 18.1. The Hall–Kier alpha value is -2.73. The topological polar surface area (TPSA) is 77.5 Å². The van der Waals surface area contributed by atoms with Gasteiger partial charge >= 0.3 is 5.97 Å². The molecule has 0 radical (unpaired) electrons. The number of aromatic nitrogens is 1. The summed E-state index contributed by atoms with van der Waals surface area (Å²) in [5.74, 6) is -0.576. The molecule has 1 saturated heterocycles. The Morgan fingerprint density at radius 1 is 1.15 bits per heavy atom. The summed E-state index contributed by atoms with van der Waals surface area (Å²) in [4.78, 5) is 29.1. The third-order valence-corrected chi connectivity index (χ3v) is 4.64. The summed E-state index contributed by atoms with van der Waals surface area (Å²) in [7, 11) is 1.30. The lowest BCUT2D eigenvalue weighted by molar-refractivity contribution is 0.0511. The van der Waals surface area contributed by atoms with Crippen LogP contribution in [0, 0.1) is 5.92 Å². The van der Waals surface area contributed by atoms with E-state index in [1.807, 2.05) is 12.1 Å². The van der Waals surface area contributed by atoms with Crippen LogP contribution in [0.4, 0.5) is 0 Å². The monoisotopic (exact) mass is 354 g/mol. The van der Waals surface area contributed by atoms with E-state index in [1.54, 1.807) is 36.7 Å². The molecule has 2 heterocycles. The van der Waals surface area contributed by atoms with Gasteiger partial charge in [-0.3, -0.25) is 9.78 Å². The van der Waals surface area contributed by atoms with Gasteiger partial charge in [0.1, 0.15) is 0 Å². The van der Waals surface area contributed by atoms with Gasteiger partial charge in [-0.05, 0) is 42.5 Å². The molecule has 26 heavy (non-hydrogen) atoms. The first-order valence-corrected chi connectivity index (χ1v) is 8.66. The number of amides is 1. The average molecular weight is 354 g/mol. The van der Waals surface area contributed by atoms with E-state index in [2.05, 4.69) is 10.3 Å². The van der Waals surface area contributed by atoms with Crippen LogP contribution < -0.4 is 5.32 Å². The zero-order valence-electron chi connectivity index (χ0n) is 14.7. The quantitative estimate of drug-likeness (QED) is 0.836. The molecule has 6 heteroatoms. The zero-order valence-corrected chi connectivity index (χ0v) is 14.7. The van der Waals surface area contributed by atoms with E-state index in [9.17, 15) is 9.59 Å². The van der Waals surface area contributed by atoms with Gasteiger partial charge in [0.05, 0.1) is 24.3 Å². The molecule has 0 bridgehead atoms. The summed E-state index contributed by atoms with van der Waals surface area (Å²) >= 11 is 0. The lowest BCUT2D eigenvalue weighted by Crippen LogP contribution is -2.36.